The molecular formula is C13H12F3N3O2. The van der Waals surface area contributed by atoms with E-state index in [0.29, 0.717) is 0 Å². The number of rotatable bonds is 2. The average Bonchev–Trinajstić information content (AvgIpc) is 2.43. The number of hydrogen-bond acceptors (Lipinski definition) is 4. The van der Waals surface area contributed by atoms with E-state index in [9.17, 15) is 18.0 Å². The lowest BCUT2D eigenvalue weighted by Gasteiger charge is -2.13. The maximum absolute atomic E-state index is 12.7. The molecule has 2 rings (SSSR count). The molecule has 21 heavy (non-hydrogen) atoms. The van der Waals surface area contributed by atoms with Gasteiger partial charge in [0.05, 0.1) is 18.2 Å². The highest BCUT2D eigenvalue weighted by atomic mass is 19.4. The highest BCUT2D eigenvalue weighted by molar-refractivity contribution is 5.65. The van der Waals surface area contributed by atoms with E-state index >= 15 is 0 Å². The second-order valence-electron chi connectivity index (χ2n) is 4.39. The van der Waals surface area contributed by atoms with Gasteiger partial charge in [0.15, 0.2) is 5.82 Å². The van der Waals surface area contributed by atoms with Crippen molar-refractivity contribution in [3.63, 3.8) is 0 Å². The third-order valence-electron chi connectivity index (χ3n) is 3.00. The third kappa shape index (κ3) is 2.74. The molecule has 8 heteroatoms. The van der Waals surface area contributed by atoms with E-state index in [1.54, 1.807) is 0 Å². The van der Waals surface area contributed by atoms with Crippen LogP contribution in [0, 0.1) is 6.92 Å². The summed E-state index contributed by atoms with van der Waals surface area (Å²) in [6.45, 7) is 1.50. The Morgan fingerprint density at radius 3 is 2.48 bits per heavy atom. The van der Waals surface area contributed by atoms with E-state index in [0.717, 1.165) is 12.1 Å². The van der Waals surface area contributed by atoms with Gasteiger partial charge >= 0.3 is 6.18 Å². The summed E-state index contributed by atoms with van der Waals surface area (Å²) >= 11 is 0. The van der Waals surface area contributed by atoms with Gasteiger partial charge in [-0.05, 0) is 25.1 Å². The van der Waals surface area contributed by atoms with E-state index in [1.165, 1.54) is 31.7 Å². The summed E-state index contributed by atoms with van der Waals surface area (Å²) in [4.78, 5) is 11.8. The molecule has 0 saturated heterocycles. The minimum absolute atomic E-state index is 0.0296. The fraction of sp³-hybridized carbons (Fsp3) is 0.308. The van der Waals surface area contributed by atoms with Crippen molar-refractivity contribution in [2.75, 3.05) is 7.11 Å². The topological polar surface area (TPSA) is 57.0 Å². The molecule has 0 bridgehead atoms. The molecule has 0 spiro atoms. The highest BCUT2D eigenvalue weighted by Gasteiger charge is 2.31. The number of aromatic nitrogens is 3. The van der Waals surface area contributed by atoms with Crippen LogP contribution in [0.15, 0.2) is 23.0 Å². The lowest BCUT2D eigenvalue weighted by molar-refractivity contribution is -0.137. The monoisotopic (exact) mass is 299 g/mol. The van der Waals surface area contributed by atoms with E-state index in [1.807, 2.05) is 0 Å². The molecule has 0 atom stereocenters. The molecule has 1 aromatic carbocycles. The van der Waals surface area contributed by atoms with E-state index in [-0.39, 0.29) is 28.4 Å². The van der Waals surface area contributed by atoms with Crippen LogP contribution in [0.1, 0.15) is 11.3 Å². The number of methoxy groups -OCH3 is 1. The maximum Gasteiger partial charge on any atom is 0.416 e. The largest absolute Gasteiger partial charge is 0.496 e. The van der Waals surface area contributed by atoms with Gasteiger partial charge in [-0.2, -0.15) is 13.2 Å². The molecule has 0 saturated carbocycles. The Hall–Kier alpha value is -2.38. The summed E-state index contributed by atoms with van der Waals surface area (Å²) in [5, 5.41) is 7.56. The molecule has 0 radical (unpaired) electrons. The summed E-state index contributed by atoms with van der Waals surface area (Å²) in [6.07, 6.45) is -4.48. The minimum atomic E-state index is -4.48. The molecule has 2 aromatic rings. The van der Waals surface area contributed by atoms with Crippen LogP contribution in [0.25, 0.3) is 11.4 Å². The molecule has 1 heterocycles. The maximum atomic E-state index is 12.7. The smallest absolute Gasteiger partial charge is 0.416 e. The lowest BCUT2D eigenvalue weighted by Crippen LogP contribution is -2.24. The molecule has 0 aliphatic carbocycles. The number of aryl methyl sites for hydroxylation is 1. The zero-order valence-corrected chi connectivity index (χ0v) is 11.5. The summed E-state index contributed by atoms with van der Waals surface area (Å²) in [7, 11) is 2.72. The second kappa shape index (κ2) is 5.19. The Balaban J connectivity index is 2.65. The third-order valence-corrected chi connectivity index (χ3v) is 3.00. The predicted molar refractivity (Wildman–Crippen MR) is 69.0 cm³/mol. The summed E-state index contributed by atoms with van der Waals surface area (Å²) in [6, 6.07) is 2.98. The van der Waals surface area contributed by atoms with Crippen molar-refractivity contribution in [2.24, 2.45) is 7.05 Å². The van der Waals surface area contributed by atoms with Crippen LogP contribution >= 0.6 is 0 Å². The molecule has 0 aliphatic rings. The van der Waals surface area contributed by atoms with Gasteiger partial charge in [-0.3, -0.25) is 9.36 Å². The predicted octanol–water partition coefficient (Wildman–Crippen LogP) is 2.18. The number of halogens is 3. The van der Waals surface area contributed by atoms with Crippen molar-refractivity contribution in [1.29, 1.82) is 0 Å². The van der Waals surface area contributed by atoms with Gasteiger partial charge in [-0.1, -0.05) is 0 Å². The van der Waals surface area contributed by atoms with Crippen molar-refractivity contribution in [3.8, 4) is 17.1 Å². The van der Waals surface area contributed by atoms with E-state index in [2.05, 4.69) is 10.2 Å². The Bertz CT molecular complexity index is 738. The number of hydrogen-bond donors (Lipinski definition) is 0. The number of ether oxygens (including phenoxy) is 1. The van der Waals surface area contributed by atoms with Crippen molar-refractivity contribution < 1.29 is 17.9 Å². The molecule has 1 aromatic heterocycles. The van der Waals surface area contributed by atoms with Gasteiger partial charge in [0, 0.05) is 7.05 Å². The molecule has 0 N–H and O–H groups in total. The van der Waals surface area contributed by atoms with Gasteiger partial charge in [-0.25, -0.2) is 0 Å². The summed E-state index contributed by atoms with van der Waals surface area (Å²) < 4.78 is 44.3. The Morgan fingerprint density at radius 2 is 1.90 bits per heavy atom. The molecule has 0 amide bonds. The fourth-order valence-corrected chi connectivity index (χ4v) is 1.86. The zero-order chi connectivity index (χ0) is 15.8. The van der Waals surface area contributed by atoms with Gasteiger partial charge in [0.2, 0.25) is 0 Å². The summed E-state index contributed by atoms with van der Waals surface area (Å²) in [5.74, 6) is 0.106. The summed E-state index contributed by atoms with van der Waals surface area (Å²) in [5.41, 5.74) is -0.750. The second-order valence-corrected chi connectivity index (χ2v) is 4.39. The van der Waals surface area contributed by atoms with Crippen molar-refractivity contribution in [3.05, 3.63) is 39.8 Å². The first-order valence-corrected chi connectivity index (χ1v) is 5.91. The van der Waals surface area contributed by atoms with Crippen LogP contribution in [-0.4, -0.2) is 21.9 Å². The molecule has 0 aliphatic heterocycles. The lowest BCUT2D eigenvalue weighted by atomic mass is 10.1. The molecule has 0 fully saturated rings. The Labute approximate surface area is 118 Å². The first kappa shape index (κ1) is 15.0. The Morgan fingerprint density at radius 1 is 1.24 bits per heavy atom. The van der Waals surface area contributed by atoms with Gasteiger partial charge in [-0.15, -0.1) is 10.2 Å². The van der Waals surface area contributed by atoms with Crippen LogP contribution in [0.5, 0.6) is 5.75 Å². The first-order chi connectivity index (χ1) is 9.75. The van der Waals surface area contributed by atoms with E-state index < -0.39 is 11.7 Å². The van der Waals surface area contributed by atoms with Gasteiger partial charge in [0.1, 0.15) is 11.4 Å². The fourth-order valence-electron chi connectivity index (χ4n) is 1.86. The van der Waals surface area contributed by atoms with Crippen LogP contribution in [0.4, 0.5) is 13.2 Å². The number of benzene rings is 1. The SMILES string of the molecule is COc1cc(C(F)(F)F)ccc1-c1nnc(C)c(=O)n1C. The quantitative estimate of drug-likeness (QED) is 0.853. The van der Waals surface area contributed by atoms with Crippen molar-refractivity contribution in [1.82, 2.24) is 14.8 Å². The Kier molecular flexibility index (Phi) is 3.71. The normalized spacial score (nSPS) is 11.5. The standard InChI is InChI=1S/C13H12F3N3O2/c1-7-12(20)19(2)11(18-17-7)9-5-4-8(13(14,15)16)6-10(9)21-3/h4-6H,1-3H3. The van der Waals surface area contributed by atoms with Crippen LogP contribution in [0.3, 0.4) is 0 Å². The van der Waals surface area contributed by atoms with Gasteiger partial charge < -0.3 is 4.74 Å². The number of nitrogens with zero attached hydrogens (tertiary/aromatic N) is 3. The van der Waals surface area contributed by atoms with Crippen LogP contribution in [-0.2, 0) is 13.2 Å². The molecule has 0 unspecified atom stereocenters. The molecule has 112 valence electrons. The first-order valence-electron chi connectivity index (χ1n) is 5.91. The van der Waals surface area contributed by atoms with E-state index in [4.69, 9.17) is 4.74 Å². The highest BCUT2D eigenvalue weighted by Crippen LogP contribution is 2.35. The van der Waals surface area contributed by atoms with Gasteiger partial charge in [0.25, 0.3) is 5.56 Å². The minimum Gasteiger partial charge on any atom is -0.496 e. The van der Waals surface area contributed by atoms with Crippen molar-refractivity contribution >= 4 is 0 Å². The molecule has 5 nitrogen and oxygen atoms in total. The van der Waals surface area contributed by atoms with Crippen molar-refractivity contribution in [2.45, 2.75) is 13.1 Å². The van der Waals surface area contributed by atoms with Crippen LogP contribution in [0.2, 0.25) is 0 Å². The molecular weight excluding hydrogens is 287 g/mol. The van der Waals surface area contributed by atoms with Crippen LogP contribution < -0.4 is 10.3 Å². The number of alkyl halides is 3. The average molecular weight is 299 g/mol. The zero-order valence-electron chi connectivity index (χ0n) is 11.5.